The lowest BCUT2D eigenvalue weighted by molar-refractivity contribution is -0.384. The minimum absolute atomic E-state index is 0.00102. The van der Waals surface area contributed by atoms with Crippen LogP contribution in [0, 0.1) is 23.0 Å². The summed E-state index contributed by atoms with van der Waals surface area (Å²) < 4.78 is 10.2. The number of esters is 1. The lowest BCUT2D eigenvalue weighted by atomic mass is 10.1. The van der Waals surface area contributed by atoms with Crippen LogP contribution in [0.4, 0.5) is 17.1 Å². The van der Waals surface area contributed by atoms with Crippen LogP contribution in [0.15, 0.2) is 36.4 Å². The van der Waals surface area contributed by atoms with Crippen LogP contribution < -0.4 is 15.0 Å². The van der Waals surface area contributed by atoms with E-state index in [9.17, 15) is 24.5 Å². The lowest BCUT2D eigenvalue weighted by Crippen LogP contribution is -2.28. The van der Waals surface area contributed by atoms with Gasteiger partial charge in [-0.15, -0.1) is 0 Å². The summed E-state index contributed by atoms with van der Waals surface area (Å²) in [5.41, 5.74) is 1.45. The summed E-state index contributed by atoms with van der Waals surface area (Å²) in [6.45, 7) is 1.31. The van der Waals surface area contributed by atoms with Crippen LogP contribution in [0.2, 0.25) is 5.02 Å². The number of carbonyl (C=O) groups is 3. The zero-order valence-electron chi connectivity index (χ0n) is 17.3. The third-order valence-electron chi connectivity index (χ3n) is 4.92. The van der Waals surface area contributed by atoms with Crippen LogP contribution in [0.1, 0.15) is 12.0 Å². The van der Waals surface area contributed by atoms with Crippen molar-refractivity contribution < 1.29 is 28.8 Å². The number of hydrogen-bond acceptors (Lipinski definition) is 7. The highest BCUT2D eigenvalue weighted by Crippen LogP contribution is 2.36. The predicted octanol–water partition coefficient (Wildman–Crippen LogP) is 3.10. The van der Waals surface area contributed by atoms with Gasteiger partial charge in [-0.2, -0.15) is 0 Å². The quantitative estimate of drug-likeness (QED) is 0.381. The maximum atomic E-state index is 12.5. The average Bonchev–Trinajstić information content (AvgIpc) is 3.15. The molecule has 0 radical (unpaired) electrons. The average molecular weight is 462 g/mol. The van der Waals surface area contributed by atoms with Gasteiger partial charge in [0.1, 0.15) is 5.75 Å². The van der Waals surface area contributed by atoms with Crippen LogP contribution in [-0.2, 0) is 19.1 Å². The van der Waals surface area contributed by atoms with Crippen LogP contribution in [0.25, 0.3) is 0 Å². The molecule has 0 aliphatic carbocycles. The molecule has 1 saturated heterocycles. The van der Waals surface area contributed by atoms with E-state index in [0.29, 0.717) is 16.4 Å². The molecule has 3 rings (SSSR count). The van der Waals surface area contributed by atoms with Crippen molar-refractivity contribution in [1.82, 2.24) is 0 Å². The molecule has 1 aliphatic rings. The molecule has 0 saturated carbocycles. The van der Waals surface area contributed by atoms with Crippen molar-refractivity contribution in [3.05, 3.63) is 57.1 Å². The molecule has 10 nitrogen and oxygen atoms in total. The van der Waals surface area contributed by atoms with E-state index in [1.54, 1.807) is 18.2 Å². The number of carbonyl (C=O) groups excluding carboxylic acids is 3. The second-order valence-corrected chi connectivity index (χ2v) is 7.55. The topological polar surface area (TPSA) is 128 Å². The third-order valence-corrected chi connectivity index (χ3v) is 5.33. The van der Waals surface area contributed by atoms with Crippen molar-refractivity contribution in [1.29, 1.82) is 0 Å². The minimum atomic E-state index is -0.788. The summed E-state index contributed by atoms with van der Waals surface area (Å²) in [5.74, 6) is -2.25. The number of anilines is 2. The Labute approximate surface area is 188 Å². The summed E-state index contributed by atoms with van der Waals surface area (Å²) in [6, 6.07) is 8.85. The highest BCUT2D eigenvalue weighted by atomic mass is 35.5. The van der Waals surface area contributed by atoms with E-state index in [-0.39, 0.29) is 30.3 Å². The normalized spacial score (nSPS) is 15.4. The second-order valence-electron chi connectivity index (χ2n) is 7.14. The van der Waals surface area contributed by atoms with Gasteiger partial charge in [0, 0.05) is 29.7 Å². The van der Waals surface area contributed by atoms with Gasteiger partial charge in [0.15, 0.2) is 6.61 Å². The number of nitrogens with one attached hydrogen (secondary N) is 1. The first-order chi connectivity index (χ1) is 15.2. The summed E-state index contributed by atoms with van der Waals surface area (Å²) in [6.07, 6.45) is -0.117. The fraction of sp³-hybridized carbons (Fsp3) is 0.286. The van der Waals surface area contributed by atoms with Crippen molar-refractivity contribution >= 4 is 46.4 Å². The van der Waals surface area contributed by atoms with E-state index < -0.39 is 29.3 Å². The largest absolute Gasteiger partial charge is 0.494 e. The maximum absolute atomic E-state index is 12.5. The molecule has 1 atom stereocenters. The van der Waals surface area contributed by atoms with E-state index in [2.05, 4.69) is 5.32 Å². The zero-order valence-corrected chi connectivity index (χ0v) is 18.0. The number of nitro benzene ring substituents is 1. The SMILES string of the molecule is COc1cc([N+](=O)[O-])ccc1N1C[C@@H](C(=O)OCC(=O)Nc2ccc(C)c(Cl)c2)CC1=O. The van der Waals surface area contributed by atoms with E-state index in [1.807, 2.05) is 6.92 Å². The van der Waals surface area contributed by atoms with Crippen LogP contribution in [0.3, 0.4) is 0 Å². The number of nitro groups is 1. The molecule has 0 aromatic heterocycles. The molecule has 2 amide bonds. The smallest absolute Gasteiger partial charge is 0.311 e. The van der Waals surface area contributed by atoms with Gasteiger partial charge >= 0.3 is 5.97 Å². The van der Waals surface area contributed by atoms with Crippen LogP contribution in [-0.4, -0.2) is 43.0 Å². The molecular weight excluding hydrogens is 442 g/mol. The van der Waals surface area contributed by atoms with E-state index >= 15 is 0 Å². The Morgan fingerprint density at radius 2 is 2.03 bits per heavy atom. The number of methoxy groups -OCH3 is 1. The van der Waals surface area contributed by atoms with Crippen molar-refractivity contribution in [2.45, 2.75) is 13.3 Å². The number of benzene rings is 2. The standard InChI is InChI=1S/C21H20ClN3O7/c1-12-3-4-14(8-16(12)22)23-19(26)11-32-21(28)13-7-20(27)24(10-13)17-6-5-15(25(29)30)9-18(17)31-2/h3-6,8-9,13H,7,10-11H2,1-2H3,(H,23,26)/t13-/m0/s1. The maximum Gasteiger partial charge on any atom is 0.311 e. The number of rotatable bonds is 7. The van der Waals surface area contributed by atoms with Gasteiger partial charge < -0.3 is 19.7 Å². The monoisotopic (exact) mass is 461 g/mol. The van der Waals surface area contributed by atoms with E-state index in [4.69, 9.17) is 21.1 Å². The van der Waals surface area contributed by atoms with E-state index in [1.165, 1.54) is 30.2 Å². The Hall–Kier alpha value is -3.66. The molecule has 2 aromatic rings. The number of ether oxygens (including phenoxy) is 2. The Morgan fingerprint density at radius 1 is 1.28 bits per heavy atom. The van der Waals surface area contributed by atoms with Crippen molar-refractivity contribution in [3.63, 3.8) is 0 Å². The Bertz CT molecular complexity index is 1090. The van der Waals surface area contributed by atoms with E-state index in [0.717, 1.165) is 5.56 Å². The lowest BCUT2D eigenvalue weighted by Gasteiger charge is -2.19. The molecule has 1 N–H and O–H groups in total. The first-order valence-electron chi connectivity index (χ1n) is 9.55. The van der Waals surface area contributed by atoms with Crippen molar-refractivity contribution in [2.24, 2.45) is 5.92 Å². The first-order valence-corrected chi connectivity index (χ1v) is 9.93. The summed E-state index contributed by atoms with van der Waals surface area (Å²) >= 11 is 6.02. The number of amides is 2. The fourth-order valence-electron chi connectivity index (χ4n) is 3.22. The highest BCUT2D eigenvalue weighted by Gasteiger charge is 2.37. The number of nitrogens with zero attached hydrogens (tertiary/aromatic N) is 2. The van der Waals surface area contributed by atoms with Gasteiger partial charge in [-0.05, 0) is 30.7 Å². The number of non-ortho nitro benzene ring substituents is 1. The molecule has 1 aliphatic heterocycles. The van der Waals surface area contributed by atoms with Crippen molar-refractivity contribution in [2.75, 3.05) is 30.5 Å². The highest BCUT2D eigenvalue weighted by molar-refractivity contribution is 6.31. The summed E-state index contributed by atoms with van der Waals surface area (Å²) in [7, 11) is 1.33. The number of hydrogen-bond donors (Lipinski definition) is 1. The molecule has 1 fully saturated rings. The van der Waals surface area contributed by atoms with Gasteiger partial charge in [0.25, 0.3) is 11.6 Å². The van der Waals surface area contributed by atoms with Gasteiger partial charge in [0.05, 0.1) is 29.7 Å². The summed E-state index contributed by atoms with van der Waals surface area (Å²) in [4.78, 5) is 48.6. The van der Waals surface area contributed by atoms with Gasteiger partial charge in [-0.25, -0.2) is 0 Å². The summed E-state index contributed by atoms with van der Waals surface area (Å²) in [5, 5.41) is 14.0. The predicted molar refractivity (Wildman–Crippen MR) is 116 cm³/mol. The molecule has 0 unspecified atom stereocenters. The zero-order chi connectivity index (χ0) is 23.4. The van der Waals surface area contributed by atoms with Crippen LogP contribution in [0.5, 0.6) is 5.75 Å². The third kappa shape index (κ3) is 5.14. The van der Waals surface area contributed by atoms with Gasteiger partial charge in [-0.3, -0.25) is 24.5 Å². The molecule has 2 aromatic carbocycles. The molecule has 1 heterocycles. The van der Waals surface area contributed by atoms with Crippen LogP contribution >= 0.6 is 11.6 Å². The minimum Gasteiger partial charge on any atom is -0.494 e. The molecule has 11 heteroatoms. The molecule has 32 heavy (non-hydrogen) atoms. The fourth-order valence-corrected chi connectivity index (χ4v) is 3.40. The van der Waals surface area contributed by atoms with Gasteiger partial charge in [-0.1, -0.05) is 17.7 Å². The molecule has 0 bridgehead atoms. The molecular formula is C21H20ClN3O7. The second kappa shape index (κ2) is 9.65. The first kappa shape index (κ1) is 23.0. The van der Waals surface area contributed by atoms with Gasteiger partial charge in [0.2, 0.25) is 5.91 Å². The number of aryl methyl sites for hydroxylation is 1. The van der Waals surface area contributed by atoms with Crippen molar-refractivity contribution in [3.8, 4) is 5.75 Å². The Morgan fingerprint density at radius 3 is 2.69 bits per heavy atom. The number of halogens is 1. The Kier molecular flexibility index (Phi) is 6.94. The molecule has 0 spiro atoms. The Balaban J connectivity index is 1.59. The molecule has 168 valence electrons.